The highest BCUT2D eigenvalue weighted by atomic mass is 16.5. The SMILES string of the molecule is COCc1cc(=O)[nH]c(CC(N)=O)n1. The normalized spacial score (nSPS) is 10.1. The quantitative estimate of drug-likeness (QED) is 0.643. The molecule has 3 N–H and O–H groups in total. The number of nitrogens with two attached hydrogens (primary N) is 1. The summed E-state index contributed by atoms with van der Waals surface area (Å²) < 4.78 is 4.81. The zero-order valence-corrected chi connectivity index (χ0v) is 7.74. The van der Waals surface area contributed by atoms with Crippen LogP contribution in [0.5, 0.6) is 0 Å². The highest BCUT2D eigenvalue weighted by Crippen LogP contribution is 1.94. The molecule has 0 aromatic carbocycles. The lowest BCUT2D eigenvalue weighted by Crippen LogP contribution is -2.20. The molecule has 14 heavy (non-hydrogen) atoms. The van der Waals surface area contributed by atoms with Crippen LogP contribution in [-0.2, 0) is 22.6 Å². The molecule has 0 aliphatic carbocycles. The number of hydrogen-bond acceptors (Lipinski definition) is 4. The lowest BCUT2D eigenvalue weighted by atomic mass is 10.3. The maximum atomic E-state index is 11.1. The van der Waals surface area contributed by atoms with Gasteiger partial charge in [-0.2, -0.15) is 0 Å². The zero-order chi connectivity index (χ0) is 10.6. The number of aromatic nitrogens is 2. The van der Waals surface area contributed by atoms with E-state index in [1.54, 1.807) is 0 Å². The number of H-pyrrole nitrogens is 1. The van der Waals surface area contributed by atoms with E-state index >= 15 is 0 Å². The van der Waals surface area contributed by atoms with E-state index < -0.39 is 5.91 Å². The molecule has 6 nitrogen and oxygen atoms in total. The van der Waals surface area contributed by atoms with Crippen LogP contribution in [0.25, 0.3) is 0 Å². The summed E-state index contributed by atoms with van der Waals surface area (Å²) in [6, 6.07) is 1.31. The Bertz CT molecular complexity index is 386. The van der Waals surface area contributed by atoms with Crippen LogP contribution in [0, 0.1) is 0 Å². The molecular formula is C8H11N3O3. The van der Waals surface area contributed by atoms with Gasteiger partial charge in [0.1, 0.15) is 5.82 Å². The fourth-order valence-corrected chi connectivity index (χ4v) is 1.03. The monoisotopic (exact) mass is 197 g/mol. The van der Waals surface area contributed by atoms with Crippen LogP contribution < -0.4 is 11.3 Å². The summed E-state index contributed by atoms with van der Waals surface area (Å²) >= 11 is 0. The van der Waals surface area contributed by atoms with Crippen molar-refractivity contribution in [2.45, 2.75) is 13.0 Å². The van der Waals surface area contributed by atoms with Crippen molar-refractivity contribution in [1.29, 1.82) is 0 Å². The first-order valence-corrected chi connectivity index (χ1v) is 3.98. The highest BCUT2D eigenvalue weighted by molar-refractivity contribution is 5.75. The molecule has 0 radical (unpaired) electrons. The van der Waals surface area contributed by atoms with Gasteiger partial charge in [0.2, 0.25) is 5.91 Å². The number of methoxy groups -OCH3 is 1. The third kappa shape index (κ3) is 2.98. The van der Waals surface area contributed by atoms with Crippen LogP contribution in [0.15, 0.2) is 10.9 Å². The molecule has 1 amide bonds. The fourth-order valence-electron chi connectivity index (χ4n) is 1.03. The molecular weight excluding hydrogens is 186 g/mol. The lowest BCUT2D eigenvalue weighted by molar-refractivity contribution is -0.117. The number of hydrogen-bond donors (Lipinski definition) is 2. The average molecular weight is 197 g/mol. The van der Waals surface area contributed by atoms with Gasteiger partial charge in [0.15, 0.2) is 0 Å². The Morgan fingerprint density at radius 3 is 3.00 bits per heavy atom. The van der Waals surface area contributed by atoms with E-state index in [4.69, 9.17) is 10.5 Å². The van der Waals surface area contributed by atoms with Crippen molar-refractivity contribution in [3.63, 3.8) is 0 Å². The topological polar surface area (TPSA) is 98.1 Å². The van der Waals surface area contributed by atoms with Crippen molar-refractivity contribution in [3.8, 4) is 0 Å². The fraction of sp³-hybridized carbons (Fsp3) is 0.375. The Kier molecular flexibility index (Phi) is 3.35. The van der Waals surface area contributed by atoms with Gasteiger partial charge in [-0.1, -0.05) is 0 Å². The molecule has 0 aliphatic rings. The Hall–Kier alpha value is -1.69. The Morgan fingerprint density at radius 1 is 1.71 bits per heavy atom. The number of carbonyl (C=O) groups excluding carboxylic acids is 1. The minimum atomic E-state index is -0.539. The highest BCUT2D eigenvalue weighted by Gasteiger charge is 2.03. The van der Waals surface area contributed by atoms with Crippen molar-refractivity contribution >= 4 is 5.91 Å². The third-order valence-corrected chi connectivity index (χ3v) is 1.48. The molecule has 0 bridgehead atoms. The van der Waals surface area contributed by atoms with Crippen LogP contribution >= 0.6 is 0 Å². The summed E-state index contributed by atoms with van der Waals surface area (Å²) in [5.74, 6) is -0.278. The van der Waals surface area contributed by atoms with E-state index in [9.17, 15) is 9.59 Å². The van der Waals surface area contributed by atoms with Crippen molar-refractivity contribution in [2.75, 3.05) is 7.11 Å². The number of amides is 1. The number of nitrogens with zero attached hydrogens (tertiary/aromatic N) is 1. The summed E-state index contributed by atoms with van der Waals surface area (Å²) in [5, 5.41) is 0. The largest absolute Gasteiger partial charge is 0.378 e. The second-order valence-electron chi connectivity index (χ2n) is 2.76. The first kappa shape index (κ1) is 10.4. The van der Waals surface area contributed by atoms with Crippen LogP contribution in [0.2, 0.25) is 0 Å². The second-order valence-corrected chi connectivity index (χ2v) is 2.76. The molecule has 1 rings (SSSR count). The van der Waals surface area contributed by atoms with Gasteiger partial charge >= 0.3 is 0 Å². The number of ether oxygens (including phenoxy) is 1. The van der Waals surface area contributed by atoms with E-state index in [1.807, 2.05) is 0 Å². The molecule has 0 aliphatic heterocycles. The number of carbonyl (C=O) groups is 1. The van der Waals surface area contributed by atoms with Gasteiger partial charge in [0.25, 0.3) is 5.56 Å². The molecule has 76 valence electrons. The van der Waals surface area contributed by atoms with Gasteiger partial charge in [-0.3, -0.25) is 9.59 Å². The van der Waals surface area contributed by atoms with Crippen molar-refractivity contribution in [2.24, 2.45) is 5.73 Å². The average Bonchev–Trinajstić information content (AvgIpc) is 2.01. The Labute approximate surface area is 80.1 Å². The van der Waals surface area contributed by atoms with Gasteiger partial charge in [-0.15, -0.1) is 0 Å². The van der Waals surface area contributed by atoms with Crippen LogP contribution in [0.4, 0.5) is 0 Å². The van der Waals surface area contributed by atoms with E-state index in [0.717, 1.165) is 0 Å². The summed E-state index contributed by atoms with van der Waals surface area (Å²) in [5.41, 5.74) is 5.13. The maximum Gasteiger partial charge on any atom is 0.251 e. The van der Waals surface area contributed by atoms with E-state index in [-0.39, 0.29) is 24.4 Å². The standard InChI is InChI=1S/C8H11N3O3/c1-14-4-5-2-8(13)11-7(10-5)3-6(9)12/h2H,3-4H2,1H3,(H2,9,12)(H,10,11,13). The molecule has 0 saturated carbocycles. The second kappa shape index (κ2) is 4.52. The number of rotatable bonds is 4. The van der Waals surface area contributed by atoms with E-state index in [2.05, 4.69) is 9.97 Å². The van der Waals surface area contributed by atoms with Gasteiger partial charge in [-0.05, 0) is 0 Å². The van der Waals surface area contributed by atoms with Crippen LogP contribution in [-0.4, -0.2) is 23.0 Å². The lowest BCUT2D eigenvalue weighted by Gasteiger charge is -2.01. The molecule has 1 aromatic rings. The van der Waals surface area contributed by atoms with Gasteiger partial charge in [0, 0.05) is 13.2 Å². The first-order chi connectivity index (χ1) is 6.61. The minimum absolute atomic E-state index is 0.0766. The number of aromatic amines is 1. The summed E-state index contributed by atoms with van der Waals surface area (Å²) in [4.78, 5) is 28.0. The number of primary amides is 1. The molecule has 1 aromatic heterocycles. The van der Waals surface area contributed by atoms with Crippen molar-refractivity contribution < 1.29 is 9.53 Å². The molecule has 0 atom stereocenters. The Morgan fingerprint density at radius 2 is 2.43 bits per heavy atom. The first-order valence-electron chi connectivity index (χ1n) is 3.98. The zero-order valence-electron chi connectivity index (χ0n) is 7.74. The molecule has 0 fully saturated rings. The van der Waals surface area contributed by atoms with E-state index in [1.165, 1.54) is 13.2 Å². The van der Waals surface area contributed by atoms with Crippen LogP contribution in [0.3, 0.4) is 0 Å². The van der Waals surface area contributed by atoms with Crippen molar-refractivity contribution in [3.05, 3.63) is 27.9 Å². The molecule has 0 unspecified atom stereocenters. The van der Waals surface area contributed by atoms with Gasteiger partial charge in [0.05, 0.1) is 18.7 Å². The molecule has 6 heteroatoms. The van der Waals surface area contributed by atoms with Gasteiger partial charge in [-0.25, -0.2) is 4.98 Å². The third-order valence-electron chi connectivity index (χ3n) is 1.48. The molecule has 0 spiro atoms. The predicted octanol–water partition coefficient (Wildman–Crippen LogP) is -1.06. The smallest absolute Gasteiger partial charge is 0.251 e. The minimum Gasteiger partial charge on any atom is -0.378 e. The summed E-state index contributed by atoms with van der Waals surface area (Å²) in [6.45, 7) is 0.232. The van der Waals surface area contributed by atoms with E-state index in [0.29, 0.717) is 5.69 Å². The maximum absolute atomic E-state index is 11.1. The van der Waals surface area contributed by atoms with Gasteiger partial charge < -0.3 is 15.5 Å². The van der Waals surface area contributed by atoms with Crippen LogP contribution in [0.1, 0.15) is 11.5 Å². The summed E-state index contributed by atoms with van der Waals surface area (Å²) in [7, 11) is 1.50. The Balaban J connectivity index is 2.94. The predicted molar refractivity (Wildman–Crippen MR) is 48.5 cm³/mol. The molecule has 0 saturated heterocycles. The molecule has 1 heterocycles. The van der Waals surface area contributed by atoms with Crippen molar-refractivity contribution in [1.82, 2.24) is 9.97 Å². The number of nitrogens with one attached hydrogen (secondary N) is 1. The summed E-state index contributed by atoms with van der Waals surface area (Å²) in [6.07, 6.45) is -0.0766.